The second-order valence-electron chi connectivity index (χ2n) is 4.24. The van der Waals surface area contributed by atoms with Crippen molar-refractivity contribution in [3.05, 3.63) is 69.5 Å². The molecule has 0 saturated carbocycles. The maximum Gasteiger partial charge on any atom is 0.269 e. The van der Waals surface area contributed by atoms with E-state index in [2.05, 4.69) is 5.32 Å². The second-order valence-corrected chi connectivity index (χ2v) is 4.24. The van der Waals surface area contributed by atoms with Crippen molar-refractivity contribution in [1.29, 1.82) is 0 Å². The fraction of sp³-hybridized carbons (Fsp3) is 0.0714. The molecule has 0 atom stereocenters. The highest BCUT2D eigenvalue weighted by Crippen LogP contribution is 2.17. The lowest BCUT2D eigenvalue weighted by atomic mass is 10.1. The van der Waals surface area contributed by atoms with Crippen LogP contribution >= 0.6 is 0 Å². The number of halogens is 1. The maximum atomic E-state index is 13.6. The van der Waals surface area contributed by atoms with E-state index in [9.17, 15) is 19.3 Å². The number of nitrogens with zero attached hydrogens (tertiary/aromatic N) is 1. The molecule has 1 N–H and O–H groups in total. The first-order valence-corrected chi connectivity index (χ1v) is 5.79. The van der Waals surface area contributed by atoms with Crippen LogP contribution in [0.5, 0.6) is 0 Å². The fourth-order valence-electron chi connectivity index (χ4n) is 1.67. The van der Waals surface area contributed by atoms with E-state index < -0.39 is 16.6 Å². The van der Waals surface area contributed by atoms with Gasteiger partial charge in [0.1, 0.15) is 5.82 Å². The summed E-state index contributed by atoms with van der Waals surface area (Å²) in [5, 5.41) is 13.0. The number of amides is 1. The molecule has 5 nitrogen and oxygen atoms in total. The topological polar surface area (TPSA) is 72.2 Å². The Morgan fingerprint density at radius 1 is 1.20 bits per heavy atom. The Hall–Kier alpha value is -2.76. The Morgan fingerprint density at radius 3 is 2.40 bits per heavy atom. The number of anilines is 1. The quantitative estimate of drug-likeness (QED) is 0.689. The Morgan fingerprint density at radius 2 is 1.85 bits per heavy atom. The minimum Gasteiger partial charge on any atom is -0.322 e. The fourth-order valence-corrected chi connectivity index (χ4v) is 1.67. The second kappa shape index (κ2) is 5.48. The summed E-state index contributed by atoms with van der Waals surface area (Å²) in [5.41, 5.74) is 0.924. The molecule has 0 fully saturated rings. The molecule has 0 heterocycles. The van der Waals surface area contributed by atoms with Gasteiger partial charge < -0.3 is 5.32 Å². The SMILES string of the molecule is Cc1ccc(C(=O)Nc2ccc([N+](=O)[O-])cc2)c(F)c1. The third-order valence-corrected chi connectivity index (χ3v) is 2.71. The molecule has 1 amide bonds. The number of carbonyl (C=O) groups is 1. The molecule has 2 aromatic rings. The first kappa shape index (κ1) is 13.7. The van der Waals surface area contributed by atoms with E-state index in [0.717, 1.165) is 5.56 Å². The molecule has 0 aliphatic heterocycles. The van der Waals surface area contributed by atoms with Gasteiger partial charge in [0.2, 0.25) is 0 Å². The molecule has 0 bridgehead atoms. The lowest BCUT2D eigenvalue weighted by Gasteiger charge is -2.06. The number of hydrogen-bond acceptors (Lipinski definition) is 3. The van der Waals surface area contributed by atoms with Gasteiger partial charge >= 0.3 is 0 Å². The molecule has 0 aliphatic rings. The summed E-state index contributed by atoms with van der Waals surface area (Å²) in [5.74, 6) is -1.21. The highest BCUT2D eigenvalue weighted by atomic mass is 19.1. The summed E-state index contributed by atoms with van der Waals surface area (Å²) in [6, 6.07) is 9.61. The van der Waals surface area contributed by atoms with Gasteiger partial charge in [-0.15, -0.1) is 0 Å². The molecule has 0 radical (unpaired) electrons. The standard InChI is InChI=1S/C14H11FN2O3/c1-9-2-7-12(13(15)8-9)14(18)16-10-3-5-11(6-4-10)17(19)20/h2-8H,1H3,(H,16,18). The van der Waals surface area contributed by atoms with Gasteiger partial charge in [0.25, 0.3) is 11.6 Å². The normalized spacial score (nSPS) is 10.1. The minimum atomic E-state index is -0.607. The zero-order valence-corrected chi connectivity index (χ0v) is 10.6. The van der Waals surface area contributed by atoms with Gasteiger partial charge in [0.05, 0.1) is 10.5 Å². The van der Waals surface area contributed by atoms with Gasteiger partial charge in [-0.2, -0.15) is 0 Å². The highest BCUT2D eigenvalue weighted by molar-refractivity contribution is 6.04. The van der Waals surface area contributed by atoms with Gasteiger partial charge in [0, 0.05) is 17.8 Å². The van der Waals surface area contributed by atoms with E-state index in [1.807, 2.05) is 0 Å². The number of nitro groups is 1. The first-order chi connectivity index (χ1) is 9.47. The van der Waals surface area contributed by atoms with Crippen LogP contribution in [0.4, 0.5) is 15.8 Å². The Balaban J connectivity index is 2.17. The first-order valence-electron chi connectivity index (χ1n) is 5.79. The predicted molar refractivity (Wildman–Crippen MR) is 72.2 cm³/mol. The summed E-state index contributed by atoms with van der Waals surface area (Å²) in [7, 11) is 0. The number of carbonyl (C=O) groups excluding carboxylic acids is 1. The molecule has 0 aromatic heterocycles. The lowest BCUT2D eigenvalue weighted by Crippen LogP contribution is -2.13. The van der Waals surface area contributed by atoms with Gasteiger partial charge in [-0.05, 0) is 36.8 Å². The van der Waals surface area contributed by atoms with E-state index >= 15 is 0 Å². The molecular weight excluding hydrogens is 263 g/mol. The maximum absolute atomic E-state index is 13.6. The molecule has 0 unspecified atom stereocenters. The van der Waals surface area contributed by atoms with Crippen LogP contribution in [0.1, 0.15) is 15.9 Å². The number of non-ortho nitro benzene ring substituents is 1. The third-order valence-electron chi connectivity index (χ3n) is 2.71. The van der Waals surface area contributed by atoms with Gasteiger partial charge in [-0.3, -0.25) is 14.9 Å². The van der Waals surface area contributed by atoms with Crippen LogP contribution in [0.25, 0.3) is 0 Å². The van der Waals surface area contributed by atoms with Crippen molar-refractivity contribution in [1.82, 2.24) is 0 Å². The Bertz CT molecular complexity index is 669. The summed E-state index contributed by atoms with van der Waals surface area (Å²) in [6.45, 7) is 1.72. The summed E-state index contributed by atoms with van der Waals surface area (Å²) in [6.07, 6.45) is 0. The smallest absolute Gasteiger partial charge is 0.269 e. The number of benzene rings is 2. The van der Waals surface area contributed by atoms with Gasteiger partial charge in [-0.1, -0.05) is 6.07 Å². The monoisotopic (exact) mass is 274 g/mol. The molecule has 20 heavy (non-hydrogen) atoms. The van der Waals surface area contributed by atoms with Crippen LogP contribution in [-0.4, -0.2) is 10.8 Å². The molecule has 102 valence electrons. The summed E-state index contributed by atoms with van der Waals surface area (Å²) >= 11 is 0. The summed E-state index contributed by atoms with van der Waals surface area (Å²) < 4.78 is 13.6. The number of rotatable bonds is 3. The van der Waals surface area contributed by atoms with Crippen molar-refractivity contribution in [2.24, 2.45) is 0 Å². The van der Waals surface area contributed by atoms with Crippen LogP contribution in [0.15, 0.2) is 42.5 Å². The van der Waals surface area contributed by atoms with Gasteiger partial charge in [-0.25, -0.2) is 4.39 Å². The van der Waals surface area contributed by atoms with Crippen molar-refractivity contribution in [3.8, 4) is 0 Å². The molecule has 0 aliphatic carbocycles. The average molecular weight is 274 g/mol. The minimum absolute atomic E-state index is 0.0750. The number of aryl methyl sites for hydroxylation is 1. The summed E-state index contributed by atoms with van der Waals surface area (Å²) in [4.78, 5) is 21.8. The number of hydrogen-bond donors (Lipinski definition) is 1. The average Bonchev–Trinajstić information content (AvgIpc) is 2.39. The Kier molecular flexibility index (Phi) is 3.74. The van der Waals surface area contributed by atoms with Crippen molar-refractivity contribution in [3.63, 3.8) is 0 Å². The predicted octanol–water partition coefficient (Wildman–Crippen LogP) is 3.29. The van der Waals surface area contributed by atoms with E-state index in [1.54, 1.807) is 13.0 Å². The van der Waals surface area contributed by atoms with E-state index in [1.165, 1.54) is 36.4 Å². The van der Waals surface area contributed by atoms with Crippen molar-refractivity contribution in [2.45, 2.75) is 6.92 Å². The van der Waals surface area contributed by atoms with Crippen LogP contribution in [-0.2, 0) is 0 Å². The van der Waals surface area contributed by atoms with Crippen molar-refractivity contribution in [2.75, 3.05) is 5.32 Å². The van der Waals surface area contributed by atoms with E-state index in [-0.39, 0.29) is 11.3 Å². The number of nitro benzene ring substituents is 1. The van der Waals surface area contributed by atoms with E-state index in [0.29, 0.717) is 5.69 Å². The molecular formula is C14H11FN2O3. The molecule has 2 rings (SSSR count). The van der Waals surface area contributed by atoms with Crippen molar-refractivity contribution >= 4 is 17.3 Å². The largest absolute Gasteiger partial charge is 0.322 e. The van der Waals surface area contributed by atoms with Crippen molar-refractivity contribution < 1.29 is 14.1 Å². The van der Waals surface area contributed by atoms with Gasteiger partial charge in [0.15, 0.2) is 0 Å². The zero-order chi connectivity index (χ0) is 14.7. The molecule has 0 saturated heterocycles. The molecule has 0 spiro atoms. The lowest BCUT2D eigenvalue weighted by molar-refractivity contribution is -0.384. The molecule has 6 heteroatoms. The number of nitrogens with one attached hydrogen (secondary N) is 1. The van der Waals surface area contributed by atoms with Crippen LogP contribution in [0, 0.1) is 22.9 Å². The van der Waals surface area contributed by atoms with E-state index in [4.69, 9.17) is 0 Å². The Labute approximate surface area is 114 Å². The highest BCUT2D eigenvalue weighted by Gasteiger charge is 2.12. The van der Waals surface area contributed by atoms with Crippen LogP contribution in [0.2, 0.25) is 0 Å². The van der Waals surface area contributed by atoms with Crippen LogP contribution in [0.3, 0.4) is 0 Å². The third kappa shape index (κ3) is 2.97. The molecule has 2 aromatic carbocycles. The zero-order valence-electron chi connectivity index (χ0n) is 10.6. The van der Waals surface area contributed by atoms with Crippen LogP contribution < -0.4 is 5.32 Å².